The van der Waals surface area contributed by atoms with E-state index in [9.17, 15) is 0 Å². The standard InChI is InChI=1S/C15H17N5/c1-9-4-5-14-12(6-9)15(18-8-17-14)16-7-13-10(2)19-20-11(13)3/h4-6,8H,7H2,1-3H3,(H,19,20)(H,16,17,18). The molecular formula is C15H17N5. The Morgan fingerprint density at radius 1 is 1.15 bits per heavy atom. The van der Waals surface area contributed by atoms with Crippen molar-refractivity contribution in [2.24, 2.45) is 0 Å². The number of aromatic amines is 1. The van der Waals surface area contributed by atoms with Gasteiger partial charge in [-0.2, -0.15) is 5.10 Å². The molecule has 5 nitrogen and oxygen atoms in total. The molecule has 20 heavy (non-hydrogen) atoms. The number of aromatic nitrogens is 4. The Balaban J connectivity index is 1.93. The molecule has 2 N–H and O–H groups in total. The minimum absolute atomic E-state index is 0.703. The second kappa shape index (κ2) is 4.92. The third-order valence-electron chi connectivity index (χ3n) is 3.50. The number of nitrogens with one attached hydrogen (secondary N) is 2. The Morgan fingerprint density at radius 2 is 2.00 bits per heavy atom. The summed E-state index contributed by atoms with van der Waals surface area (Å²) in [5.74, 6) is 0.860. The molecule has 102 valence electrons. The average Bonchev–Trinajstić information content (AvgIpc) is 2.76. The maximum Gasteiger partial charge on any atom is 0.137 e. The molecule has 0 saturated heterocycles. The molecule has 0 aliphatic rings. The molecule has 0 amide bonds. The van der Waals surface area contributed by atoms with Crippen molar-refractivity contribution in [3.63, 3.8) is 0 Å². The van der Waals surface area contributed by atoms with Crippen molar-refractivity contribution in [2.45, 2.75) is 27.3 Å². The van der Waals surface area contributed by atoms with Crippen molar-refractivity contribution in [1.29, 1.82) is 0 Å². The molecule has 0 unspecified atom stereocenters. The highest BCUT2D eigenvalue weighted by molar-refractivity contribution is 5.89. The highest BCUT2D eigenvalue weighted by Crippen LogP contribution is 2.21. The molecule has 0 atom stereocenters. The predicted octanol–water partition coefficient (Wildman–Crippen LogP) is 2.89. The van der Waals surface area contributed by atoms with Crippen LogP contribution in [0.15, 0.2) is 24.5 Å². The van der Waals surface area contributed by atoms with Crippen LogP contribution in [0.3, 0.4) is 0 Å². The SMILES string of the molecule is Cc1ccc2ncnc(NCc3c(C)n[nH]c3C)c2c1. The van der Waals surface area contributed by atoms with Gasteiger partial charge in [0.2, 0.25) is 0 Å². The third kappa shape index (κ3) is 2.22. The van der Waals surface area contributed by atoms with E-state index in [0.29, 0.717) is 6.54 Å². The minimum atomic E-state index is 0.703. The quantitative estimate of drug-likeness (QED) is 0.765. The van der Waals surface area contributed by atoms with Gasteiger partial charge in [-0.3, -0.25) is 5.10 Å². The van der Waals surface area contributed by atoms with Gasteiger partial charge in [0.05, 0.1) is 11.2 Å². The van der Waals surface area contributed by atoms with Crippen molar-refractivity contribution in [3.05, 3.63) is 47.0 Å². The lowest BCUT2D eigenvalue weighted by molar-refractivity contribution is 1.02. The molecule has 0 bridgehead atoms. The van der Waals surface area contributed by atoms with E-state index >= 15 is 0 Å². The Labute approximate surface area is 117 Å². The van der Waals surface area contributed by atoms with Gasteiger partial charge < -0.3 is 5.32 Å². The minimum Gasteiger partial charge on any atom is -0.365 e. The van der Waals surface area contributed by atoms with E-state index in [1.54, 1.807) is 6.33 Å². The largest absolute Gasteiger partial charge is 0.365 e. The van der Waals surface area contributed by atoms with Gasteiger partial charge in [-0.05, 0) is 32.9 Å². The number of aryl methyl sites for hydroxylation is 3. The Kier molecular flexibility index (Phi) is 3.10. The number of benzene rings is 1. The van der Waals surface area contributed by atoms with E-state index in [0.717, 1.165) is 28.1 Å². The molecule has 5 heteroatoms. The number of fused-ring (bicyclic) bond motifs is 1. The summed E-state index contributed by atoms with van der Waals surface area (Å²) in [6.07, 6.45) is 1.59. The smallest absolute Gasteiger partial charge is 0.137 e. The van der Waals surface area contributed by atoms with E-state index < -0.39 is 0 Å². The van der Waals surface area contributed by atoms with Crippen LogP contribution in [0, 0.1) is 20.8 Å². The molecule has 0 radical (unpaired) electrons. The van der Waals surface area contributed by atoms with E-state index in [2.05, 4.69) is 44.5 Å². The van der Waals surface area contributed by atoms with Gasteiger partial charge in [-0.25, -0.2) is 9.97 Å². The summed E-state index contributed by atoms with van der Waals surface area (Å²) < 4.78 is 0. The first kappa shape index (κ1) is 12.6. The fourth-order valence-corrected chi connectivity index (χ4v) is 2.32. The van der Waals surface area contributed by atoms with Crippen molar-refractivity contribution in [1.82, 2.24) is 20.2 Å². The van der Waals surface area contributed by atoms with Crippen LogP contribution in [0.1, 0.15) is 22.5 Å². The van der Waals surface area contributed by atoms with Crippen molar-refractivity contribution in [3.8, 4) is 0 Å². The number of hydrogen-bond donors (Lipinski definition) is 2. The summed E-state index contributed by atoms with van der Waals surface area (Å²) in [6.45, 7) is 6.80. The average molecular weight is 267 g/mol. The summed E-state index contributed by atoms with van der Waals surface area (Å²) in [4.78, 5) is 8.65. The van der Waals surface area contributed by atoms with Crippen LogP contribution < -0.4 is 5.32 Å². The zero-order chi connectivity index (χ0) is 14.1. The second-order valence-corrected chi connectivity index (χ2v) is 5.01. The van der Waals surface area contributed by atoms with Crippen LogP contribution in [0.5, 0.6) is 0 Å². The molecule has 2 aromatic heterocycles. The fourth-order valence-electron chi connectivity index (χ4n) is 2.32. The normalized spacial score (nSPS) is 10.9. The highest BCUT2D eigenvalue weighted by atomic mass is 15.1. The van der Waals surface area contributed by atoms with Crippen LogP contribution in [-0.4, -0.2) is 20.2 Å². The van der Waals surface area contributed by atoms with Crippen molar-refractivity contribution < 1.29 is 0 Å². The van der Waals surface area contributed by atoms with Crippen LogP contribution in [0.25, 0.3) is 10.9 Å². The summed E-state index contributed by atoms with van der Waals surface area (Å²) in [7, 11) is 0. The molecule has 1 aromatic carbocycles. The van der Waals surface area contributed by atoms with Gasteiger partial charge >= 0.3 is 0 Å². The summed E-state index contributed by atoms with van der Waals surface area (Å²) in [6, 6.07) is 6.18. The second-order valence-electron chi connectivity index (χ2n) is 5.01. The van der Waals surface area contributed by atoms with Gasteiger partial charge in [0.1, 0.15) is 12.1 Å². The predicted molar refractivity (Wildman–Crippen MR) is 79.7 cm³/mol. The van der Waals surface area contributed by atoms with Crippen molar-refractivity contribution in [2.75, 3.05) is 5.32 Å². The first-order valence-corrected chi connectivity index (χ1v) is 6.61. The topological polar surface area (TPSA) is 66.5 Å². The van der Waals surface area contributed by atoms with E-state index in [1.165, 1.54) is 11.1 Å². The van der Waals surface area contributed by atoms with Gasteiger partial charge in [-0.1, -0.05) is 11.6 Å². The third-order valence-corrected chi connectivity index (χ3v) is 3.50. The maximum atomic E-state index is 4.35. The first-order valence-electron chi connectivity index (χ1n) is 6.61. The Bertz CT molecular complexity index is 741. The maximum absolute atomic E-state index is 4.35. The Morgan fingerprint density at radius 3 is 2.75 bits per heavy atom. The zero-order valence-corrected chi connectivity index (χ0v) is 11.9. The van der Waals surface area contributed by atoms with E-state index in [1.807, 2.05) is 19.9 Å². The van der Waals surface area contributed by atoms with Gasteiger partial charge in [0.25, 0.3) is 0 Å². The molecule has 0 saturated carbocycles. The number of rotatable bonds is 3. The van der Waals surface area contributed by atoms with Crippen molar-refractivity contribution >= 4 is 16.7 Å². The molecule has 3 aromatic rings. The van der Waals surface area contributed by atoms with Gasteiger partial charge in [-0.15, -0.1) is 0 Å². The molecule has 3 rings (SSSR count). The van der Waals surface area contributed by atoms with E-state index in [-0.39, 0.29) is 0 Å². The molecule has 0 aliphatic heterocycles. The lowest BCUT2D eigenvalue weighted by Crippen LogP contribution is -2.04. The number of H-pyrrole nitrogens is 1. The van der Waals surface area contributed by atoms with Gasteiger partial charge in [0, 0.05) is 23.2 Å². The van der Waals surface area contributed by atoms with Crippen LogP contribution in [-0.2, 0) is 6.54 Å². The fraction of sp³-hybridized carbons (Fsp3) is 0.267. The number of anilines is 1. The Hall–Kier alpha value is -2.43. The molecule has 0 fully saturated rings. The highest BCUT2D eigenvalue weighted by Gasteiger charge is 2.08. The van der Waals surface area contributed by atoms with Gasteiger partial charge in [0.15, 0.2) is 0 Å². The van der Waals surface area contributed by atoms with Crippen LogP contribution in [0.2, 0.25) is 0 Å². The van der Waals surface area contributed by atoms with Crippen LogP contribution in [0.4, 0.5) is 5.82 Å². The molecule has 0 spiro atoms. The zero-order valence-electron chi connectivity index (χ0n) is 11.9. The molecule has 2 heterocycles. The lowest BCUT2D eigenvalue weighted by Gasteiger charge is -2.09. The van der Waals surface area contributed by atoms with E-state index in [4.69, 9.17) is 0 Å². The van der Waals surface area contributed by atoms with Crippen LogP contribution >= 0.6 is 0 Å². The summed E-state index contributed by atoms with van der Waals surface area (Å²) in [5.41, 5.74) is 5.44. The monoisotopic (exact) mass is 267 g/mol. The summed E-state index contributed by atoms with van der Waals surface area (Å²) >= 11 is 0. The molecular weight excluding hydrogens is 250 g/mol. The lowest BCUT2D eigenvalue weighted by atomic mass is 10.1. The first-order chi connectivity index (χ1) is 9.65. The number of hydrogen-bond acceptors (Lipinski definition) is 4. The summed E-state index contributed by atoms with van der Waals surface area (Å²) in [5, 5.41) is 11.6. The number of nitrogens with zero attached hydrogens (tertiary/aromatic N) is 3. The molecule has 0 aliphatic carbocycles.